The van der Waals surface area contributed by atoms with E-state index < -0.39 is 5.91 Å². The van der Waals surface area contributed by atoms with Gasteiger partial charge in [0.05, 0.1) is 19.1 Å². The molecule has 1 aliphatic carbocycles. The van der Waals surface area contributed by atoms with E-state index in [4.69, 9.17) is 14.6 Å². The van der Waals surface area contributed by atoms with Crippen molar-refractivity contribution >= 4 is 33.4 Å². The second-order valence-corrected chi connectivity index (χ2v) is 9.68. The summed E-state index contributed by atoms with van der Waals surface area (Å²) in [5.74, 6) is 0.394. The van der Waals surface area contributed by atoms with Crippen LogP contribution < -0.4 is 20.9 Å². The van der Waals surface area contributed by atoms with Crippen LogP contribution in [0, 0.1) is 11.8 Å². The fraction of sp³-hybridized carbons (Fsp3) is 0.440. The second-order valence-electron chi connectivity index (χ2n) is 8.82. The number of carbonyl (C=O) groups is 2. The first-order chi connectivity index (χ1) is 17.5. The van der Waals surface area contributed by atoms with E-state index in [0.717, 1.165) is 36.8 Å². The van der Waals surface area contributed by atoms with Gasteiger partial charge in [-0.3, -0.25) is 14.4 Å². The number of benzene rings is 1. The van der Waals surface area contributed by atoms with Crippen molar-refractivity contribution in [3.63, 3.8) is 0 Å². The summed E-state index contributed by atoms with van der Waals surface area (Å²) in [5, 5.41) is 16.3. The largest absolute Gasteiger partial charge is 0.497 e. The first-order valence-corrected chi connectivity index (χ1v) is 12.7. The van der Waals surface area contributed by atoms with Crippen LogP contribution in [0.3, 0.4) is 0 Å². The van der Waals surface area contributed by atoms with Crippen molar-refractivity contribution in [2.24, 2.45) is 11.8 Å². The van der Waals surface area contributed by atoms with Gasteiger partial charge in [0.25, 0.3) is 11.5 Å². The van der Waals surface area contributed by atoms with Gasteiger partial charge in [-0.1, -0.05) is 12.1 Å². The normalized spacial score (nSPS) is 17.6. The van der Waals surface area contributed by atoms with Crippen LogP contribution in [0.5, 0.6) is 5.75 Å². The molecule has 0 atom stereocenters. The Labute approximate surface area is 212 Å². The number of aromatic nitrogens is 2. The van der Waals surface area contributed by atoms with Crippen LogP contribution >= 0.6 is 11.3 Å². The number of thiophene rings is 1. The number of carbonyl (C=O) groups excluding carboxylic acids is 2. The highest BCUT2D eigenvalue weighted by atomic mass is 32.1. The number of hydrogen-bond donors (Lipinski definition) is 4. The molecule has 0 spiro atoms. The summed E-state index contributed by atoms with van der Waals surface area (Å²) in [6.45, 7) is 0.758. The molecule has 2 amide bonds. The molecule has 1 aromatic carbocycles. The average molecular weight is 515 g/mol. The van der Waals surface area contributed by atoms with E-state index in [0.29, 0.717) is 28.5 Å². The lowest BCUT2D eigenvalue weighted by atomic mass is 9.82. The summed E-state index contributed by atoms with van der Waals surface area (Å²) in [5.41, 5.74) is 1.23. The van der Waals surface area contributed by atoms with Gasteiger partial charge in [-0.15, -0.1) is 11.3 Å². The Bertz CT molecular complexity index is 1260. The summed E-state index contributed by atoms with van der Waals surface area (Å²) in [4.78, 5) is 44.6. The van der Waals surface area contributed by atoms with Crippen molar-refractivity contribution in [3.8, 4) is 5.75 Å². The predicted octanol–water partition coefficient (Wildman–Crippen LogP) is 2.31. The quantitative estimate of drug-likeness (QED) is 0.304. The summed E-state index contributed by atoms with van der Waals surface area (Å²) in [7, 11) is 1.58. The molecule has 192 valence electrons. The summed E-state index contributed by atoms with van der Waals surface area (Å²) in [6, 6.07) is 7.35. The SMILES string of the molecule is COc1cccc(CNC(=O)c2nc3scc(COCC4CCC(C(=O)NCO)CC4)c3c(=O)[nH]2)c1. The number of methoxy groups -OCH3 is 1. The maximum absolute atomic E-state index is 12.8. The third kappa shape index (κ3) is 6.28. The van der Waals surface area contributed by atoms with Crippen molar-refractivity contribution in [3.05, 3.63) is 57.0 Å². The maximum atomic E-state index is 12.8. The van der Waals surface area contributed by atoms with Gasteiger partial charge in [-0.05, 0) is 54.7 Å². The first kappa shape index (κ1) is 25.8. The van der Waals surface area contributed by atoms with Gasteiger partial charge in [0.15, 0.2) is 0 Å². The minimum atomic E-state index is -0.466. The molecule has 3 aromatic rings. The van der Waals surface area contributed by atoms with E-state index in [9.17, 15) is 14.4 Å². The average Bonchev–Trinajstić information content (AvgIpc) is 3.31. The van der Waals surface area contributed by atoms with E-state index in [1.54, 1.807) is 7.11 Å². The van der Waals surface area contributed by atoms with Crippen molar-refractivity contribution in [1.82, 2.24) is 20.6 Å². The molecule has 0 saturated heterocycles. The molecule has 4 N–H and O–H groups in total. The summed E-state index contributed by atoms with van der Waals surface area (Å²) in [6.07, 6.45) is 3.30. The zero-order valence-electron chi connectivity index (χ0n) is 20.0. The van der Waals surface area contributed by atoms with E-state index in [2.05, 4.69) is 20.6 Å². The van der Waals surface area contributed by atoms with Gasteiger partial charge in [0.1, 0.15) is 17.3 Å². The van der Waals surface area contributed by atoms with Gasteiger partial charge in [0, 0.05) is 24.6 Å². The van der Waals surface area contributed by atoms with Crippen LogP contribution in [0.25, 0.3) is 10.2 Å². The Balaban J connectivity index is 1.31. The van der Waals surface area contributed by atoms with E-state index in [1.807, 2.05) is 29.6 Å². The smallest absolute Gasteiger partial charge is 0.287 e. The van der Waals surface area contributed by atoms with Crippen LogP contribution in [0.4, 0.5) is 0 Å². The number of ether oxygens (including phenoxy) is 2. The fourth-order valence-electron chi connectivity index (χ4n) is 4.42. The Morgan fingerprint density at radius 1 is 1.22 bits per heavy atom. The molecule has 0 bridgehead atoms. The topological polar surface area (TPSA) is 143 Å². The summed E-state index contributed by atoms with van der Waals surface area (Å²) < 4.78 is 11.1. The van der Waals surface area contributed by atoms with Crippen LogP contribution in [-0.4, -0.2) is 47.3 Å². The second kappa shape index (κ2) is 12.1. The molecule has 1 fully saturated rings. The Morgan fingerprint density at radius 2 is 2.03 bits per heavy atom. The molecule has 0 unspecified atom stereocenters. The Morgan fingerprint density at radius 3 is 2.78 bits per heavy atom. The molecule has 2 heterocycles. The molecule has 2 aromatic heterocycles. The number of hydrogen-bond acceptors (Lipinski definition) is 8. The Hall–Kier alpha value is -3.28. The van der Waals surface area contributed by atoms with E-state index in [1.165, 1.54) is 11.3 Å². The molecular weight excluding hydrogens is 484 g/mol. The molecule has 0 aliphatic heterocycles. The highest BCUT2D eigenvalue weighted by molar-refractivity contribution is 7.16. The van der Waals surface area contributed by atoms with E-state index >= 15 is 0 Å². The molecule has 4 rings (SSSR count). The molecule has 1 aliphatic rings. The lowest BCUT2D eigenvalue weighted by molar-refractivity contribution is -0.127. The number of fused-ring (bicyclic) bond motifs is 1. The highest BCUT2D eigenvalue weighted by Gasteiger charge is 2.26. The van der Waals surface area contributed by atoms with Crippen LogP contribution in [0.2, 0.25) is 0 Å². The van der Waals surface area contributed by atoms with Crippen molar-refractivity contribution in [2.45, 2.75) is 38.8 Å². The van der Waals surface area contributed by atoms with Crippen LogP contribution in [0.1, 0.15) is 47.4 Å². The van der Waals surface area contributed by atoms with Gasteiger partial charge in [-0.25, -0.2) is 4.98 Å². The predicted molar refractivity (Wildman–Crippen MR) is 135 cm³/mol. The molecule has 1 saturated carbocycles. The molecular formula is C25H30N4O6S. The monoisotopic (exact) mass is 514 g/mol. The zero-order chi connectivity index (χ0) is 25.5. The molecule has 0 radical (unpaired) electrons. The van der Waals surface area contributed by atoms with Crippen molar-refractivity contribution in [2.75, 3.05) is 20.4 Å². The van der Waals surface area contributed by atoms with Gasteiger partial charge in [0.2, 0.25) is 11.7 Å². The number of nitrogens with one attached hydrogen (secondary N) is 3. The standard InChI is InChI=1S/C25H30N4O6S/c1-34-19-4-2-3-16(9-19)10-26-24(33)21-28-23(32)20-18(13-36-25(20)29-21)12-35-11-15-5-7-17(8-6-15)22(31)27-14-30/h2-4,9,13,15,17,30H,5-8,10-12,14H2,1H3,(H,26,33)(H,27,31)(H,28,29,32). The number of rotatable bonds is 10. The lowest BCUT2D eigenvalue weighted by Crippen LogP contribution is -2.34. The third-order valence-electron chi connectivity index (χ3n) is 6.40. The van der Waals surface area contributed by atoms with Gasteiger partial charge >= 0.3 is 0 Å². The maximum Gasteiger partial charge on any atom is 0.287 e. The molecule has 36 heavy (non-hydrogen) atoms. The molecule has 10 nitrogen and oxygen atoms in total. The minimum absolute atomic E-state index is 0.0355. The Kier molecular flexibility index (Phi) is 8.68. The number of aromatic amines is 1. The van der Waals surface area contributed by atoms with Crippen LogP contribution in [0.15, 0.2) is 34.4 Å². The van der Waals surface area contributed by atoms with E-state index in [-0.39, 0.29) is 43.1 Å². The number of amides is 2. The minimum Gasteiger partial charge on any atom is -0.497 e. The van der Waals surface area contributed by atoms with Gasteiger partial charge < -0.3 is 30.2 Å². The summed E-state index contributed by atoms with van der Waals surface area (Å²) >= 11 is 1.30. The number of aliphatic hydroxyl groups excluding tert-OH is 1. The van der Waals surface area contributed by atoms with Crippen molar-refractivity contribution < 1.29 is 24.2 Å². The highest BCUT2D eigenvalue weighted by Crippen LogP contribution is 2.30. The zero-order valence-corrected chi connectivity index (χ0v) is 20.9. The number of H-pyrrole nitrogens is 1. The first-order valence-electron chi connectivity index (χ1n) is 11.9. The number of nitrogens with zero attached hydrogens (tertiary/aromatic N) is 1. The lowest BCUT2D eigenvalue weighted by Gasteiger charge is -2.27. The fourth-order valence-corrected chi connectivity index (χ4v) is 5.34. The third-order valence-corrected chi connectivity index (χ3v) is 7.33. The number of aliphatic hydroxyl groups is 1. The van der Waals surface area contributed by atoms with Crippen molar-refractivity contribution in [1.29, 1.82) is 0 Å². The molecule has 11 heteroatoms. The van der Waals surface area contributed by atoms with Crippen LogP contribution in [-0.2, 0) is 22.7 Å². The van der Waals surface area contributed by atoms with Gasteiger partial charge in [-0.2, -0.15) is 0 Å².